The van der Waals surface area contributed by atoms with E-state index in [0.29, 0.717) is 6.42 Å². The molecular formula is C54H44N2S. The van der Waals surface area contributed by atoms with E-state index in [1.807, 2.05) is 17.8 Å². The molecule has 10 rings (SSSR count). The highest BCUT2D eigenvalue weighted by atomic mass is 32.2. The summed E-state index contributed by atoms with van der Waals surface area (Å²) < 4.78 is 0. The van der Waals surface area contributed by atoms with E-state index in [0.717, 1.165) is 66.0 Å². The molecular weight excluding hydrogens is 709 g/mol. The van der Waals surface area contributed by atoms with Gasteiger partial charge in [0, 0.05) is 27.3 Å². The van der Waals surface area contributed by atoms with E-state index in [1.54, 1.807) is 0 Å². The SMILES string of the molecule is C=C/C(=C/C(=C\C)c1cccc2c1C1=C(CCCC=C1)C21c2ccccc2Sc2ccccc21)Cc1nc2c(c(-c3ccc(-c4ccccc4)cc3)n1)C=CCC2. The van der Waals surface area contributed by atoms with Crippen LogP contribution >= 0.6 is 11.8 Å². The van der Waals surface area contributed by atoms with Crippen LogP contribution in [0.25, 0.3) is 39.6 Å². The fourth-order valence-corrected chi connectivity index (χ4v) is 10.8. The Morgan fingerprint density at radius 1 is 0.702 bits per heavy atom. The largest absolute Gasteiger partial charge is 0.237 e. The second-order valence-corrected chi connectivity index (χ2v) is 16.4. The molecule has 4 aliphatic rings. The van der Waals surface area contributed by atoms with Crippen LogP contribution in [0.15, 0.2) is 185 Å². The lowest BCUT2D eigenvalue weighted by atomic mass is 9.65. The van der Waals surface area contributed by atoms with Crippen molar-refractivity contribution in [3.05, 3.63) is 220 Å². The zero-order chi connectivity index (χ0) is 38.3. The van der Waals surface area contributed by atoms with Crippen molar-refractivity contribution in [3.8, 4) is 22.4 Å². The zero-order valence-corrected chi connectivity index (χ0v) is 33.2. The Labute approximate surface area is 340 Å². The third-order valence-electron chi connectivity index (χ3n) is 12.2. The van der Waals surface area contributed by atoms with Gasteiger partial charge in [0.2, 0.25) is 0 Å². The Hall–Kier alpha value is -6.03. The molecule has 276 valence electrons. The average Bonchev–Trinajstić information content (AvgIpc) is 3.37. The summed E-state index contributed by atoms with van der Waals surface area (Å²) in [7, 11) is 0. The molecule has 57 heavy (non-hydrogen) atoms. The monoisotopic (exact) mass is 752 g/mol. The van der Waals surface area contributed by atoms with E-state index in [4.69, 9.17) is 9.97 Å². The van der Waals surface area contributed by atoms with Crippen molar-refractivity contribution in [2.75, 3.05) is 0 Å². The van der Waals surface area contributed by atoms with E-state index in [9.17, 15) is 0 Å². The number of fused-ring (bicyclic) bond motifs is 9. The molecule has 0 N–H and O–H groups in total. The van der Waals surface area contributed by atoms with Crippen molar-refractivity contribution in [1.82, 2.24) is 9.97 Å². The van der Waals surface area contributed by atoms with Gasteiger partial charge >= 0.3 is 0 Å². The Kier molecular flexibility index (Phi) is 9.19. The smallest absolute Gasteiger partial charge is 0.133 e. The number of aromatic nitrogens is 2. The summed E-state index contributed by atoms with van der Waals surface area (Å²) in [5.41, 5.74) is 18.4. The van der Waals surface area contributed by atoms with Crippen molar-refractivity contribution in [3.63, 3.8) is 0 Å². The van der Waals surface area contributed by atoms with E-state index in [-0.39, 0.29) is 5.41 Å². The second-order valence-electron chi connectivity index (χ2n) is 15.3. The van der Waals surface area contributed by atoms with Gasteiger partial charge < -0.3 is 0 Å². The lowest BCUT2D eigenvalue weighted by Gasteiger charge is -2.41. The van der Waals surface area contributed by atoms with E-state index in [2.05, 4.69) is 171 Å². The summed E-state index contributed by atoms with van der Waals surface area (Å²) in [6.45, 7) is 6.49. The molecule has 1 aliphatic heterocycles. The summed E-state index contributed by atoms with van der Waals surface area (Å²) in [5.74, 6) is 0.828. The first-order chi connectivity index (χ1) is 28.2. The molecule has 1 spiro atoms. The lowest BCUT2D eigenvalue weighted by molar-refractivity contribution is 0.650. The molecule has 0 saturated carbocycles. The number of benzene rings is 5. The number of hydrogen-bond donors (Lipinski definition) is 0. The molecule has 0 unspecified atom stereocenters. The van der Waals surface area contributed by atoms with Crippen LogP contribution in [0.4, 0.5) is 0 Å². The highest BCUT2D eigenvalue weighted by Gasteiger charge is 2.51. The molecule has 3 heteroatoms. The van der Waals surface area contributed by atoms with Gasteiger partial charge in [0.25, 0.3) is 0 Å². The van der Waals surface area contributed by atoms with E-state index in [1.165, 1.54) is 65.5 Å². The van der Waals surface area contributed by atoms with Crippen LogP contribution in [0.1, 0.15) is 77.5 Å². The normalized spacial score (nSPS) is 16.4. The van der Waals surface area contributed by atoms with Gasteiger partial charge in [0.1, 0.15) is 5.82 Å². The Balaban J connectivity index is 1.07. The number of rotatable bonds is 7. The van der Waals surface area contributed by atoms with Crippen LogP contribution in [-0.2, 0) is 18.3 Å². The molecule has 0 fully saturated rings. The van der Waals surface area contributed by atoms with Crippen LogP contribution in [0.2, 0.25) is 0 Å². The standard InChI is InChI=1S/C54H44N2S/c1-3-36(35-51-55-48-27-14-11-21-43(48)53(56-51)40-32-30-39(31-33-40)38-18-7-5-8-19-38)34-37(4-2)41-22-17-26-47-52(41)42-20-9-6-10-23-44(42)54(47)45-24-12-15-28-49(45)57-50-29-16-13-25-46(50)54/h3-5,7-9,11-13,15-22,24-26,28-34H,1,6,10,14,23,27,35H2,2H3/b36-34-,37-4+. The maximum Gasteiger partial charge on any atom is 0.133 e. The van der Waals surface area contributed by atoms with Crippen molar-refractivity contribution in [2.45, 2.75) is 60.7 Å². The van der Waals surface area contributed by atoms with Crippen LogP contribution in [-0.4, -0.2) is 9.97 Å². The minimum atomic E-state index is -0.335. The average molecular weight is 753 g/mol. The fraction of sp³-hybridized carbons (Fsp3) is 0.148. The minimum absolute atomic E-state index is 0.335. The predicted octanol–water partition coefficient (Wildman–Crippen LogP) is 13.8. The van der Waals surface area contributed by atoms with Crippen molar-refractivity contribution >= 4 is 29.0 Å². The summed E-state index contributed by atoms with van der Waals surface area (Å²) in [5, 5.41) is 0. The van der Waals surface area contributed by atoms with Gasteiger partial charge in [-0.2, -0.15) is 0 Å². The Morgan fingerprint density at radius 2 is 1.39 bits per heavy atom. The van der Waals surface area contributed by atoms with Gasteiger partial charge in [-0.25, -0.2) is 9.97 Å². The van der Waals surface area contributed by atoms with E-state index >= 15 is 0 Å². The quantitative estimate of drug-likeness (QED) is 0.152. The number of allylic oxidation sites excluding steroid dienone is 10. The molecule has 2 heterocycles. The maximum absolute atomic E-state index is 5.29. The molecule has 0 atom stereocenters. The van der Waals surface area contributed by atoms with Gasteiger partial charge in [0.05, 0.1) is 16.8 Å². The molecule has 0 bridgehead atoms. The maximum atomic E-state index is 5.29. The molecule has 3 aliphatic carbocycles. The molecule has 1 aromatic heterocycles. The van der Waals surface area contributed by atoms with Crippen molar-refractivity contribution < 1.29 is 0 Å². The molecule has 0 saturated heterocycles. The molecule has 0 amide bonds. The van der Waals surface area contributed by atoms with Gasteiger partial charge in [-0.3, -0.25) is 0 Å². The van der Waals surface area contributed by atoms with Gasteiger partial charge in [-0.05, 0) is 112 Å². The van der Waals surface area contributed by atoms with Crippen molar-refractivity contribution in [2.24, 2.45) is 0 Å². The third-order valence-corrected chi connectivity index (χ3v) is 13.3. The summed E-state index contributed by atoms with van der Waals surface area (Å²) in [6.07, 6.45) is 21.7. The van der Waals surface area contributed by atoms with E-state index < -0.39 is 0 Å². The first-order valence-electron chi connectivity index (χ1n) is 20.3. The molecule has 6 aromatic rings. The fourth-order valence-electron chi connectivity index (χ4n) is 9.61. The first kappa shape index (κ1) is 35.4. The number of aryl methyl sites for hydroxylation is 1. The Morgan fingerprint density at radius 3 is 2.14 bits per heavy atom. The summed E-state index contributed by atoms with van der Waals surface area (Å²) in [4.78, 5) is 13.2. The lowest BCUT2D eigenvalue weighted by Crippen LogP contribution is -2.33. The topological polar surface area (TPSA) is 25.8 Å². The van der Waals surface area contributed by atoms with Crippen molar-refractivity contribution in [1.29, 1.82) is 0 Å². The molecule has 5 aromatic carbocycles. The number of hydrogen-bond acceptors (Lipinski definition) is 3. The number of nitrogens with zero attached hydrogens (tertiary/aromatic N) is 2. The summed E-state index contributed by atoms with van der Waals surface area (Å²) >= 11 is 1.91. The second kappa shape index (κ2) is 14.8. The van der Waals surface area contributed by atoms with Gasteiger partial charge in [0.15, 0.2) is 0 Å². The van der Waals surface area contributed by atoms with Gasteiger partial charge in [-0.15, -0.1) is 0 Å². The Bertz CT molecular complexity index is 2680. The molecule has 2 nitrogen and oxygen atoms in total. The molecule has 0 radical (unpaired) electrons. The minimum Gasteiger partial charge on any atom is -0.237 e. The third kappa shape index (κ3) is 5.95. The van der Waals surface area contributed by atoms with Crippen LogP contribution in [0.5, 0.6) is 0 Å². The van der Waals surface area contributed by atoms with Crippen LogP contribution in [0.3, 0.4) is 0 Å². The van der Waals surface area contributed by atoms with Gasteiger partial charge in [-0.1, -0.05) is 170 Å². The zero-order valence-electron chi connectivity index (χ0n) is 32.3. The first-order valence-corrected chi connectivity index (χ1v) is 21.1. The summed E-state index contributed by atoms with van der Waals surface area (Å²) in [6, 6.07) is 44.6. The highest BCUT2D eigenvalue weighted by Crippen LogP contribution is 2.63. The van der Waals surface area contributed by atoms with Crippen LogP contribution < -0.4 is 0 Å². The highest BCUT2D eigenvalue weighted by molar-refractivity contribution is 7.99. The van der Waals surface area contributed by atoms with Crippen LogP contribution in [0, 0.1) is 0 Å². The predicted molar refractivity (Wildman–Crippen MR) is 239 cm³/mol.